The summed E-state index contributed by atoms with van der Waals surface area (Å²) in [5.74, 6) is 0.850. The molecule has 8 heteroatoms. The molecular weight excluding hydrogens is 418 g/mol. The van der Waals surface area contributed by atoms with Crippen molar-refractivity contribution < 1.29 is 4.74 Å². The number of rotatable bonds is 6. The van der Waals surface area contributed by atoms with E-state index in [0.29, 0.717) is 24.1 Å². The fourth-order valence-electron chi connectivity index (χ4n) is 4.37. The highest BCUT2D eigenvalue weighted by Gasteiger charge is 2.18. The van der Waals surface area contributed by atoms with Crippen LogP contribution in [0.5, 0.6) is 5.75 Å². The first-order valence-electron chi connectivity index (χ1n) is 11.1. The molecule has 0 unspecified atom stereocenters. The van der Waals surface area contributed by atoms with E-state index < -0.39 is 0 Å². The molecule has 0 bridgehead atoms. The predicted octanol–water partition coefficient (Wildman–Crippen LogP) is 2.52. The van der Waals surface area contributed by atoms with Crippen molar-refractivity contribution in [2.24, 2.45) is 0 Å². The van der Waals surface area contributed by atoms with E-state index in [1.165, 1.54) is 10.3 Å². The highest BCUT2D eigenvalue weighted by molar-refractivity contribution is 5.81. The molecule has 5 rings (SSSR count). The number of H-pyrrole nitrogens is 2. The van der Waals surface area contributed by atoms with E-state index in [1.807, 2.05) is 48.5 Å². The topological polar surface area (TPSA) is 86.4 Å². The molecular formula is C25H27N5O3. The number of anilines is 1. The number of methoxy groups -OCH3 is 1. The Hall–Kier alpha value is -3.78. The van der Waals surface area contributed by atoms with Crippen LogP contribution >= 0.6 is 0 Å². The number of ether oxygens (including phenoxy) is 1. The van der Waals surface area contributed by atoms with Crippen molar-refractivity contribution in [1.29, 1.82) is 0 Å². The van der Waals surface area contributed by atoms with Crippen LogP contribution in [0.1, 0.15) is 0 Å². The lowest BCUT2D eigenvalue weighted by molar-refractivity contribution is 0.246. The summed E-state index contributed by atoms with van der Waals surface area (Å²) in [5, 5.41) is 0. The fraction of sp³-hybridized carbons (Fsp3) is 0.280. The normalized spacial score (nSPS) is 14.6. The van der Waals surface area contributed by atoms with E-state index in [9.17, 15) is 9.59 Å². The van der Waals surface area contributed by atoms with Gasteiger partial charge in [-0.2, -0.15) is 0 Å². The molecule has 0 amide bonds. The molecule has 8 nitrogen and oxygen atoms in total. The van der Waals surface area contributed by atoms with Crippen LogP contribution in [-0.4, -0.2) is 59.3 Å². The van der Waals surface area contributed by atoms with Gasteiger partial charge in [0, 0.05) is 50.6 Å². The Morgan fingerprint density at radius 3 is 2.30 bits per heavy atom. The third-order valence-electron chi connectivity index (χ3n) is 6.30. The van der Waals surface area contributed by atoms with Crippen molar-refractivity contribution in [3.63, 3.8) is 0 Å². The molecule has 0 aliphatic carbocycles. The van der Waals surface area contributed by atoms with Gasteiger partial charge in [0.2, 0.25) is 0 Å². The summed E-state index contributed by atoms with van der Waals surface area (Å²) >= 11 is 0. The molecule has 0 saturated carbocycles. The molecule has 0 radical (unpaired) electrons. The van der Waals surface area contributed by atoms with E-state index in [1.54, 1.807) is 7.11 Å². The maximum Gasteiger partial charge on any atom is 0.328 e. The molecule has 170 valence electrons. The summed E-state index contributed by atoms with van der Waals surface area (Å²) in [5.41, 5.74) is 3.26. The summed E-state index contributed by atoms with van der Waals surface area (Å²) in [4.78, 5) is 36.3. The van der Waals surface area contributed by atoms with Gasteiger partial charge in [-0.05, 0) is 35.9 Å². The summed E-state index contributed by atoms with van der Waals surface area (Å²) in [6.45, 7) is 4.55. The van der Waals surface area contributed by atoms with Crippen LogP contribution in [-0.2, 0) is 6.54 Å². The van der Waals surface area contributed by atoms with Gasteiger partial charge in [-0.25, -0.2) is 4.79 Å². The number of nitrogens with zero attached hydrogens (tertiary/aromatic N) is 3. The molecule has 2 N–H and O–H groups in total. The zero-order valence-electron chi connectivity index (χ0n) is 18.6. The molecule has 1 fully saturated rings. The van der Waals surface area contributed by atoms with Crippen LogP contribution in [0, 0.1) is 0 Å². The first-order valence-corrected chi connectivity index (χ1v) is 11.1. The maximum atomic E-state index is 13.0. The van der Waals surface area contributed by atoms with Gasteiger partial charge in [0.15, 0.2) is 0 Å². The van der Waals surface area contributed by atoms with Crippen LogP contribution in [0.25, 0.3) is 22.3 Å². The van der Waals surface area contributed by atoms with E-state index in [0.717, 1.165) is 43.2 Å². The Balaban J connectivity index is 1.26. The number of aromatic amines is 2. The summed E-state index contributed by atoms with van der Waals surface area (Å²) < 4.78 is 6.53. The Morgan fingerprint density at radius 2 is 1.61 bits per heavy atom. The number of nitrogens with one attached hydrogen (secondary N) is 2. The largest absolute Gasteiger partial charge is 0.497 e. The summed E-state index contributed by atoms with van der Waals surface area (Å²) in [6.07, 6.45) is 0. The Bertz CT molecular complexity index is 1350. The molecule has 1 saturated heterocycles. The van der Waals surface area contributed by atoms with E-state index in [2.05, 4.69) is 31.9 Å². The smallest absolute Gasteiger partial charge is 0.328 e. The lowest BCUT2D eigenvalue weighted by Crippen LogP contribution is -2.48. The molecule has 3 heterocycles. The van der Waals surface area contributed by atoms with Gasteiger partial charge in [-0.15, -0.1) is 0 Å². The Morgan fingerprint density at radius 1 is 0.879 bits per heavy atom. The number of fused-ring (bicyclic) bond motifs is 1. The summed E-state index contributed by atoms with van der Waals surface area (Å²) in [7, 11) is 1.67. The van der Waals surface area contributed by atoms with E-state index >= 15 is 0 Å². The van der Waals surface area contributed by atoms with Gasteiger partial charge in [0.25, 0.3) is 5.56 Å². The van der Waals surface area contributed by atoms with Gasteiger partial charge in [0.05, 0.1) is 12.6 Å². The third kappa shape index (κ3) is 4.29. The second-order valence-corrected chi connectivity index (χ2v) is 8.25. The van der Waals surface area contributed by atoms with Gasteiger partial charge in [-0.3, -0.25) is 14.3 Å². The van der Waals surface area contributed by atoms with E-state index in [4.69, 9.17) is 4.74 Å². The number of hydrogen-bond acceptors (Lipinski definition) is 5. The van der Waals surface area contributed by atoms with Gasteiger partial charge >= 0.3 is 5.69 Å². The highest BCUT2D eigenvalue weighted by atomic mass is 16.5. The average Bonchev–Trinajstić information content (AvgIpc) is 3.29. The zero-order chi connectivity index (χ0) is 22.8. The minimum Gasteiger partial charge on any atom is -0.497 e. The molecule has 0 spiro atoms. The predicted molar refractivity (Wildman–Crippen MR) is 130 cm³/mol. The van der Waals surface area contributed by atoms with Gasteiger partial charge in [-0.1, -0.05) is 30.3 Å². The minimum atomic E-state index is -0.372. The van der Waals surface area contributed by atoms with E-state index in [-0.39, 0.29) is 11.2 Å². The van der Waals surface area contributed by atoms with Crippen molar-refractivity contribution in [2.75, 3.05) is 44.7 Å². The number of hydrogen-bond donors (Lipinski definition) is 2. The van der Waals surface area contributed by atoms with Gasteiger partial charge in [0.1, 0.15) is 11.3 Å². The maximum absolute atomic E-state index is 13.0. The number of aromatic nitrogens is 3. The lowest BCUT2D eigenvalue weighted by atomic mass is 10.2. The van der Waals surface area contributed by atoms with Gasteiger partial charge < -0.3 is 19.6 Å². The number of benzene rings is 2. The minimum absolute atomic E-state index is 0.284. The summed E-state index contributed by atoms with van der Waals surface area (Å²) in [6, 6.07) is 19.7. The molecule has 33 heavy (non-hydrogen) atoms. The monoisotopic (exact) mass is 445 g/mol. The van der Waals surface area contributed by atoms with Crippen molar-refractivity contribution in [3.05, 3.63) is 81.5 Å². The molecule has 2 aromatic carbocycles. The van der Waals surface area contributed by atoms with Crippen molar-refractivity contribution in [1.82, 2.24) is 19.4 Å². The van der Waals surface area contributed by atoms with Crippen molar-refractivity contribution >= 4 is 16.7 Å². The SMILES string of the molecule is COc1ccc(N2CCN(CCn3c(=O)[nH]c4cc(-c5ccccc5)[nH]c4c3=O)CC2)cc1. The van der Waals surface area contributed by atoms with Crippen LogP contribution < -0.4 is 20.9 Å². The first-order chi connectivity index (χ1) is 16.1. The van der Waals surface area contributed by atoms with Crippen molar-refractivity contribution in [2.45, 2.75) is 6.54 Å². The zero-order valence-corrected chi connectivity index (χ0v) is 18.6. The second-order valence-electron chi connectivity index (χ2n) is 8.25. The highest BCUT2D eigenvalue weighted by Crippen LogP contribution is 2.21. The quantitative estimate of drug-likeness (QED) is 0.476. The molecule has 1 aliphatic rings. The third-order valence-corrected chi connectivity index (χ3v) is 6.30. The standard InChI is InChI=1S/C25H27N5O3/c1-33-20-9-7-19(8-10-20)29-14-11-28(12-15-29)13-16-30-24(31)23-22(27-25(30)32)17-21(26-23)18-5-3-2-4-6-18/h2-10,17,26H,11-16H2,1H3,(H,27,32). The van der Waals surface area contributed by atoms with Crippen LogP contribution in [0.3, 0.4) is 0 Å². The lowest BCUT2D eigenvalue weighted by Gasteiger charge is -2.36. The number of piperazine rings is 1. The molecule has 2 aromatic heterocycles. The molecule has 4 aromatic rings. The Labute approximate surface area is 191 Å². The molecule has 0 atom stereocenters. The first kappa shape index (κ1) is 21.1. The van der Waals surface area contributed by atoms with Crippen LogP contribution in [0.15, 0.2) is 70.3 Å². The van der Waals surface area contributed by atoms with Crippen LogP contribution in [0.2, 0.25) is 0 Å². The molecule has 1 aliphatic heterocycles. The second kappa shape index (κ2) is 8.99. The average molecular weight is 446 g/mol. The van der Waals surface area contributed by atoms with Crippen molar-refractivity contribution in [3.8, 4) is 17.0 Å². The fourth-order valence-corrected chi connectivity index (χ4v) is 4.37. The Kier molecular flexibility index (Phi) is 5.75. The van der Waals surface area contributed by atoms with Crippen LogP contribution in [0.4, 0.5) is 5.69 Å².